The van der Waals surface area contributed by atoms with Crippen LogP contribution in [0.1, 0.15) is 23.0 Å². The third-order valence-electron chi connectivity index (χ3n) is 3.54. The van der Waals surface area contributed by atoms with E-state index in [2.05, 4.69) is 15.4 Å². The standard InChI is InChI=1S/C15H14ClN5O2/c1-3-20-14-13(9(2)18-20)17-19-21(15(14)23)8-12(22)10-4-6-11(16)7-5-10/h4-7H,3,8H2,1-2H3. The van der Waals surface area contributed by atoms with Gasteiger partial charge in [-0.25, -0.2) is 4.68 Å². The number of fused-ring (bicyclic) bond motifs is 1. The lowest BCUT2D eigenvalue weighted by Crippen LogP contribution is -2.29. The van der Waals surface area contributed by atoms with Crippen LogP contribution < -0.4 is 5.56 Å². The summed E-state index contributed by atoms with van der Waals surface area (Å²) in [4.78, 5) is 24.8. The van der Waals surface area contributed by atoms with Crippen molar-refractivity contribution >= 4 is 28.4 Å². The van der Waals surface area contributed by atoms with Gasteiger partial charge in [0.15, 0.2) is 11.3 Å². The van der Waals surface area contributed by atoms with Crippen molar-refractivity contribution < 1.29 is 4.79 Å². The topological polar surface area (TPSA) is 82.7 Å². The van der Waals surface area contributed by atoms with Crippen LogP contribution in [0.4, 0.5) is 0 Å². The highest BCUT2D eigenvalue weighted by Crippen LogP contribution is 2.12. The van der Waals surface area contributed by atoms with Gasteiger partial charge in [-0.05, 0) is 38.1 Å². The van der Waals surface area contributed by atoms with Gasteiger partial charge in [-0.3, -0.25) is 14.3 Å². The fourth-order valence-electron chi connectivity index (χ4n) is 2.36. The molecule has 0 radical (unpaired) electrons. The Balaban J connectivity index is 2.00. The molecule has 2 heterocycles. The van der Waals surface area contributed by atoms with Gasteiger partial charge in [0.05, 0.1) is 5.69 Å². The molecular weight excluding hydrogens is 318 g/mol. The highest BCUT2D eigenvalue weighted by Gasteiger charge is 2.16. The van der Waals surface area contributed by atoms with Gasteiger partial charge in [-0.2, -0.15) is 5.10 Å². The molecule has 0 spiro atoms. The zero-order valence-electron chi connectivity index (χ0n) is 12.7. The summed E-state index contributed by atoms with van der Waals surface area (Å²) in [6.07, 6.45) is 0. The van der Waals surface area contributed by atoms with E-state index in [1.54, 1.807) is 35.9 Å². The molecule has 1 aromatic carbocycles. The van der Waals surface area contributed by atoms with E-state index in [0.29, 0.717) is 33.9 Å². The summed E-state index contributed by atoms with van der Waals surface area (Å²) >= 11 is 5.80. The zero-order chi connectivity index (χ0) is 16.6. The average Bonchev–Trinajstić information content (AvgIpc) is 2.87. The van der Waals surface area contributed by atoms with E-state index < -0.39 is 0 Å². The first-order valence-corrected chi connectivity index (χ1v) is 7.48. The van der Waals surface area contributed by atoms with Crippen LogP contribution in [0.2, 0.25) is 5.02 Å². The lowest BCUT2D eigenvalue weighted by molar-refractivity contribution is 0.0964. The van der Waals surface area contributed by atoms with Gasteiger partial charge in [-0.1, -0.05) is 16.8 Å². The number of carbonyl (C=O) groups excluding carboxylic acids is 1. The number of benzene rings is 1. The van der Waals surface area contributed by atoms with Crippen LogP contribution in [0.25, 0.3) is 11.0 Å². The minimum Gasteiger partial charge on any atom is -0.292 e. The van der Waals surface area contributed by atoms with Crippen LogP contribution in [0.5, 0.6) is 0 Å². The van der Waals surface area contributed by atoms with Gasteiger partial charge in [-0.15, -0.1) is 5.10 Å². The number of aromatic nitrogens is 5. The third kappa shape index (κ3) is 2.75. The summed E-state index contributed by atoms with van der Waals surface area (Å²) < 4.78 is 2.64. The minimum atomic E-state index is -0.375. The molecule has 0 unspecified atom stereocenters. The predicted molar refractivity (Wildman–Crippen MR) is 85.8 cm³/mol. The van der Waals surface area contributed by atoms with Crippen LogP contribution in [0.15, 0.2) is 29.1 Å². The van der Waals surface area contributed by atoms with E-state index in [4.69, 9.17) is 11.6 Å². The molecule has 3 aromatic rings. The van der Waals surface area contributed by atoms with Crippen molar-refractivity contribution in [3.63, 3.8) is 0 Å². The van der Waals surface area contributed by atoms with E-state index in [-0.39, 0.29) is 17.9 Å². The van der Waals surface area contributed by atoms with Crippen molar-refractivity contribution in [1.29, 1.82) is 0 Å². The maximum absolute atomic E-state index is 12.6. The normalized spacial score (nSPS) is 11.1. The molecular formula is C15H14ClN5O2. The summed E-state index contributed by atoms with van der Waals surface area (Å²) in [5.74, 6) is -0.239. The molecule has 0 fully saturated rings. The maximum Gasteiger partial charge on any atom is 0.296 e. The minimum absolute atomic E-state index is 0.183. The first-order chi connectivity index (χ1) is 11.0. The van der Waals surface area contributed by atoms with Gasteiger partial charge < -0.3 is 0 Å². The molecule has 0 amide bonds. The molecule has 0 aliphatic rings. The number of hydrogen-bond acceptors (Lipinski definition) is 5. The fraction of sp³-hybridized carbons (Fsp3) is 0.267. The van der Waals surface area contributed by atoms with Gasteiger partial charge >= 0.3 is 0 Å². The van der Waals surface area contributed by atoms with E-state index >= 15 is 0 Å². The fourth-order valence-corrected chi connectivity index (χ4v) is 2.49. The smallest absolute Gasteiger partial charge is 0.292 e. The largest absolute Gasteiger partial charge is 0.296 e. The van der Waals surface area contributed by atoms with Crippen LogP contribution >= 0.6 is 11.6 Å². The molecule has 0 aliphatic heterocycles. The second-order valence-electron chi connectivity index (χ2n) is 5.08. The Morgan fingerprint density at radius 3 is 2.57 bits per heavy atom. The van der Waals surface area contributed by atoms with E-state index in [9.17, 15) is 9.59 Å². The highest BCUT2D eigenvalue weighted by atomic mass is 35.5. The van der Waals surface area contributed by atoms with Crippen molar-refractivity contribution in [2.75, 3.05) is 0 Å². The lowest BCUT2D eigenvalue weighted by atomic mass is 10.1. The molecule has 118 valence electrons. The number of halogens is 1. The van der Waals surface area contributed by atoms with E-state index in [0.717, 1.165) is 4.68 Å². The van der Waals surface area contributed by atoms with Gasteiger partial charge in [0.2, 0.25) is 0 Å². The lowest BCUT2D eigenvalue weighted by Gasteiger charge is -2.04. The van der Waals surface area contributed by atoms with Gasteiger partial charge in [0, 0.05) is 17.1 Å². The van der Waals surface area contributed by atoms with Crippen molar-refractivity contribution in [3.8, 4) is 0 Å². The summed E-state index contributed by atoms with van der Waals surface area (Å²) in [5.41, 5.74) is 1.56. The molecule has 2 aromatic heterocycles. The predicted octanol–water partition coefficient (Wildman–Crippen LogP) is 1.85. The second-order valence-corrected chi connectivity index (χ2v) is 5.52. The molecule has 7 nitrogen and oxygen atoms in total. The number of ketones is 1. The van der Waals surface area contributed by atoms with Crippen molar-refractivity contribution in [1.82, 2.24) is 24.8 Å². The number of hydrogen-bond donors (Lipinski definition) is 0. The molecule has 0 N–H and O–H groups in total. The zero-order valence-corrected chi connectivity index (χ0v) is 13.4. The van der Waals surface area contributed by atoms with Gasteiger partial charge in [0.25, 0.3) is 5.56 Å². The Kier molecular flexibility index (Phi) is 3.96. The Bertz CT molecular complexity index is 943. The first-order valence-electron chi connectivity index (χ1n) is 7.11. The molecule has 8 heteroatoms. The Hall–Kier alpha value is -2.54. The first kappa shape index (κ1) is 15.4. The second kappa shape index (κ2) is 5.92. The molecule has 0 atom stereocenters. The maximum atomic E-state index is 12.6. The summed E-state index contributed by atoms with van der Waals surface area (Å²) in [5, 5.41) is 12.7. The molecule has 0 saturated carbocycles. The van der Waals surface area contributed by atoms with Crippen molar-refractivity contribution in [2.45, 2.75) is 26.9 Å². The monoisotopic (exact) mass is 331 g/mol. The molecule has 3 rings (SSSR count). The third-order valence-corrected chi connectivity index (χ3v) is 3.80. The van der Waals surface area contributed by atoms with Crippen LogP contribution in [-0.4, -0.2) is 30.6 Å². The van der Waals surface area contributed by atoms with Crippen LogP contribution in [0.3, 0.4) is 0 Å². The molecule has 0 bridgehead atoms. The number of Topliss-reactive ketones (excluding diaryl/α,β-unsaturated/α-hetero) is 1. The highest BCUT2D eigenvalue weighted by molar-refractivity contribution is 6.30. The average molecular weight is 332 g/mol. The van der Waals surface area contributed by atoms with Crippen LogP contribution in [-0.2, 0) is 13.1 Å². The van der Waals surface area contributed by atoms with Crippen molar-refractivity contribution in [2.24, 2.45) is 0 Å². The van der Waals surface area contributed by atoms with Gasteiger partial charge in [0.1, 0.15) is 12.1 Å². The van der Waals surface area contributed by atoms with E-state index in [1.165, 1.54) is 0 Å². The Morgan fingerprint density at radius 1 is 1.22 bits per heavy atom. The Labute approximate surface area is 136 Å². The molecule has 0 aliphatic carbocycles. The summed E-state index contributed by atoms with van der Waals surface area (Å²) in [7, 11) is 0. The number of aryl methyl sites for hydroxylation is 2. The summed E-state index contributed by atoms with van der Waals surface area (Å²) in [6, 6.07) is 6.48. The van der Waals surface area contributed by atoms with Crippen molar-refractivity contribution in [3.05, 3.63) is 50.9 Å². The van der Waals surface area contributed by atoms with Crippen LogP contribution in [0, 0.1) is 6.92 Å². The number of rotatable bonds is 4. The number of carbonyl (C=O) groups is 1. The quantitative estimate of drug-likeness (QED) is 0.681. The summed E-state index contributed by atoms with van der Waals surface area (Å²) in [6.45, 7) is 4.01. The molecule has 23 heavy (non-hydrogen) atoms. The number of nitrogens with zero attached hydrogens (tertiary/aromatic N) is 5. The van der Waals surface area contributed by atoms with E-state index in [1.807, 2.05) is 6.92 Å². The Morgan fingerprint density at radius 2 is 1.91 bits per heavy atom. The molecule has 0 saturated heterocycles. The SMILES string of the molecule is CCn1nc(C)c2nnn(CC(=O)c3ccc(Cl)cc3)c(=O)c21.